The van der Waals surface area contributed by atoms with Crippen molar-refractivity contribution >= 4 is 16.8 Å². The van der Waals surface area contributed by atoms with E-state index < -0.39 is 0 Å². The Labute approximate surface area is 134 Å². The average Bonchev–Trinajstić information content (AvgIpc) is 2.53. The summed E-state index contributed by atoms with van der Waals surface area (Å²) in [5, 5.41) is 3.72. The molecule has 0 aliphatic heterocycles. The molecule has 1 N–H and O–H groups in total. The molecule has 3 nitrogen and oxygen atoms in total. The Bertz CT molecular complexity index is 872. The van der Waals surface area contributed by atoms with E-state index in [9.17, 15) is 9.18 Å². The number of nitrogens with zero attached hydrogens (tertiary/aromatic N) is 1. The fraction of sp³-hybridized carbons (Fsp3) is 0.158. The molecular weight excluding hydrogens is 291 g/mol. The minimum absolute atomic E-state index is 0.157. The van der Waals surface area contributed by atoms with Crippen LogP contribution in [0.25, 0.3) is 10.9 Å². The van der Waals surface area contributed by atoms with Crippen LogP contribution in [0.4, 0.5) is 4.39 Å². The van der Waals surface area contributed by atoms with Crippen LogP contribution in [-0.4, -0.2) is 10.9 Å². The van der Waals surface area contributed by atoms with E-state index in [4.69, 9.17) is 0 Å². The molecule has 0 fully saturated rings. The third-order valence-electron chi connectivity index (χ3n) is 3.70. The van der Waals surface area contributed by atoms with Crippen LogP contribution < -0.4 is 5.32 Å². The third-order valence-corrected chi connectivity index (χ3v) is 3.70. The molecule has 0 saturated carbocycles. The molecule has 1 heterocycles. The number of carbonyl (C=O) groups is 1. The van der Waals surface area contributed by atoms with E-state index in [1.165, 1.54) is 12.1 Å². The fourth-order valence-corrected chi connectivity index (χ4v) is 2.54. The molecule has 0 aliphatic carbocycles. The minimum Gasteiger partial charge on any atom is -0.348 e. The first-order chi connectivity index (χ1) is 11.0. The molecule has 0 saturated heterocycles. The Morgan fingerprint density at radius 1 is 1.09 bits per heavy atom. The predicted octanol–water partition coefficient (Wildman–Crippen LogP) is 3.92. The molecule has 1 aromatic heterocycles. The molecule has 0 radical (unpaired) electrons. The number of nitrogens with one attached hydrogen (secondary N) is 1. The summed E-state index contributed by atoms with van der Waals surface area (Å²) in [5.41, 5.74) is 4.15. The summed E-state index contributed by atoms with van der Waals surface area (Å²) >= 11 is 0. The average molecular weight is 308 g/mol. The molecule has 1 amide bonds. The van der Waals surface area contributed by atoms with Crippen molar-refractivity contribution in [1.29, 1.82) is 0 Å². The molecule has 116 valence electrons. The van der Waals surface area contributed by atoms with Gasteiger partial charge >= 0.3 is 0 Å². The highest BCUT2D eigenvalue weighted by molar-refractivity contribution is 6.06. The zero-order valence-electron chi connectivity index (χ0n) is 13.1. The fourth-order valence-electron chi connectivity index (χ4n) is 2.54. The minimum atomic E-state index is -0.286. The SMILES string of the molecule is Cc1ccc2nc(C)cc(C(=O)NCc3ccc(F)cc3)c2c1. The number of hydrogen-bond acceptors (Lipinski definition) is 2. The van der Waals surface area contributed by atoms with Gasteiger partial charge in [0.1, 0.15) is 5.82 Å². The van der Waals surface area contributed by atoms with Gasteiger partial charge in [-0.15, -0.1) is 0 Å². The Balaban J connectivity index is 1.88. The molecule has 0 bridgehead atoms. The Morgan fingerprint density at radius 2 is 1.83 bits per heavy atom. The van der Waals surface area contributed by atoms with Gasteiger partial charge in [0.2, 0.25) is 0 Å². The first kappa shape index (κ1) is 15.2. The zero-order valence-corrected chi connectivity index (χ0v) is 13.1. The molecule has 0 spiro atoms. The highest BCUT2D eigenvalue weighted by atomic mass is 19.1. The molecule has 2 aromatic carbocycles. The van der Waals surface area contributed by atoms with E-state index in [2.05, 4.69) is 10.3 Å². The van der Waals surface area contributed by atoms with Crippen LogP contribution in [0.15, 0.2) is 48.5 Å². The number of halogens is 1. The predicted molar refractivity (Wildman–Crippen MR) is 88.8 cm³/mol. The monoisotopic (exact) mass is 308 g/mol. The summed E-state index contributed by atoms with van der Waals surface area (Å²) in [6.07, 6.45) is 0. The summed E-state index contributed by atoms with van der Waals surface area (Å²) < 4.78 is 12.9. The molecule has 0 unspecified atom stereocenters. The molecule has 23 heavy (non-hydrogen) atoms. The van der Waals surface area contributed by atoms with Crippen molar-refractivity contribution in [1.82, 2.24) is 10.3 Å². The summed E-state index contributed by atoms with van der Waals surface area (Å²) in [5.74, 6) is -0.443. The molecule has 0 aliphatic rings. The van der Waals surface area contributed by atoms with Crippen molar-refractivity contribution in [2.75, 3.05) is 0 Å². The number of amides is 1. The van der Waals surface area contributed by atoms with Gasteiger partial charge in [-0.3, -0.25) is 9.78 Å². The first-order valence-electron chi connectivity index (χ1n) is 7.43. The van der Waals surface area contributed by atoms with Crippen molar-refractivity contribution < 1.29 is 9.18 Å². The second-order valence-corrected chi connectivity index (χ2v) is 5.64. The number of fused-ring (bicyclic) bond motifs is 1. The summed E-state index contributed by atoms with van der Waals surface area (Å²) in [6, 6.07) is 13.8. The van der Waals surface area contributed by atoms with Gasteiger partial charge in [-0.2, -0.15) is 0 Å². The van der Waals surface area contributed by atoms with Crippen molar-refractivity contribution in [2.24, 2.45) is 0 Å². The first-order valence-corrected chi connectivity index (χ1v) is 7.43. The van der Waals surface area contributed by atoms with E-state index in [-0.39, 0.29) is 11.7 Å². The lowest BCUT2D eigenvalue weighted by Crippen LogP contribution is -2.23. The highest BCUT2D eigenvalue weighted by Gasteiger charge is 2.12. The van der Waals surface area contributed by atoms with Crippen molar-refractivity contribution in [2.45, 2.75) is 20.4 Å². The van der Waals surface area contributed by atoms with Crippen molar-refractivity contribution in [3.63, 3.8) is 0 Å². The van der Waals surface area contributed by atoms with Crippen LogP contribution in [0.2, 0.25) is 0 Å². The number of rotatable bonds is 3. The second-order valence-electron chi connectivity index (χ2n) is 5.64. The van der Waals surface area contributed by atoms with Crippen LogP contribution in [0, 0.1) is 19.7 Å². The zero-order chi connectivity index (χ0) is 16.4. The van der Waals surface area contributed by atoms with Gasteiger partial charge in [0, 0.05) is 17.6 Å². The second kappa shape index (κ2) is 6.16. The lowest BCUT2D eigenvalue weighted by Gasteiger charge is -2.10. The van der Waals surface area contributed by atoms with Crippen molar-refractivity contribution in [3.8, 4) is 0 Å². The summed E-state index contributed by atoms with van der Waals surface area (Å²) in [6.45, 7) is 4.21. The van der Waals surface area contributed by atoms with E-state index in [0.29, 0.717) is 12.1 Å². The smallest absolute Gasteiger partial charge is 0.252 e. The van der Waals surface area contributed by atoms with Gasteiger partial charge in [-0.05, 0) is 49.7 Å². The van der Waals surface area contributed by atoms with E-state index in [1.54, 1.807) is 18.2 Å². The number of pyridine rings is 1. The van der Waals surface area contributed by atoms with Gasteiger partial charge in [-0.1, -0.05) is 23.8 Å². The van der Waals surface area contributed by atoms with Crippen LogP contribution in [0.1, 0.15) is 27.2 Å². The van der Waals surface area contributed by atoms with Crippen LogP contribution in [0.3, 0.4) is 0 Å². The van der Waals surface area contributed by atoms with Crippen molar-refractivity contribution in [3.05, 3.63) is 76.7 Å². The molecular formula is C19H17FN2O. The standard InChI is InChI=1S/C19H17FN2O/c1-12-3-8-18-16(9-12)17(10-13(2)22-18)19(23)21-11-14-4-6-15(20)7-5-14/h3-10H,11H2,1-2H3,(H,21,23). The largest absolute Gasteiger partial charge is 0.348 e. The number of carbonyl (C=O) groups excluding carboxylic acids is 1. The maximum Gasteiger partial charge on any atom is 0.252 e. The lowest BCUT2D eigenvalue weighted by molar-refractivity contribution is 0.0952. The van der Waals surface area contributed by atoms with E-state index in [0.717, 1.165) is 27.7 Å². The number of benzene rings is 2. The molecule has 4 heteroatoms. The van der Waals surface area contributed by atoms with Gasteiger partial charge in [0.05, 0.1) is 11.1 Å². The summed E-state index contributed by atoms with van der Waals surface area (Å²) in [7, 11) is 0. The normalized spacial score (nSPS) is 10.7. The quantitative estimate of drug-likeness (QED) is 0.797. The van der Waals surface area contributed by atoms with Gasteiger partial charge in [-0.25, -0.2) is 4.39 Å². The Morgan fingerprint density at radius 3 is 2.57 bits per heavy atom. The number of hydrogen-bond donors (Lipinski definition) is 1. The Kier molecular flexibility index (Phi) is 4.06. The van der Waals surface area contributed by atoms with Gasteiger partial charge in [0.15, 0.2) is 0 Å². The maximum absolute atomic E-state index is 12.9. The topological polar surface area (TPSA) is 42.0 Å². The third kappa shape index (κ3) is 3.37. The van der Waals surface area contributed by atoms with E-state index >= 15 is 0 Å². The van der Waals surface area contributed by atoms with Gasteiger partial charge in [0.25, 0.3) is 5.91 Å². The van der Waals surface area contributed by atoms with Crippen LogP contribution in [-0.2, 0) is 6.54 Å². The number of aryl methyl sites for hydroxylation is 2. The molecule has 3 aromatic rings. The lowest BCUT2D eigenvalue weighted by atomic mass is 10.0. The summed E-state index contributed by atoms with van der Waals surface area (Å²) in [4.78, 5) is 17.0. The van der Waals surface area contributed by atoms with Gasteiger partial charge < -0.3 is 5.32 Å². The highest BCUT2D eigenvalue weighted by Crippen LogP contribution is 2.20. The Hall–Kier alpha value is -2.75. The molecule has 3 rings (SSSR count). The maximum atomic E-state index is 12.9. The number of aromatic nitrogens is 1. The van der Waals surface area contributed by atoms with E-state index in [1.807, 2.05) is 32.0 Å². The van der Waals surface area contributed by atoms with Crippen LogP contribution >= 0.6 is 0 Å². The van der Waals surface area contributed by atoms with Crippen LogP contribution in [0.5, 0.6) is 0 Å². The molecule has 0 atom stereocenters.